The predicted octanol–water partition coefficient (Wildman–Crippen LogP) is -0.869. The minimum atomic E-state index is -0.0734. The van der Waals surface area contributed by atoms with Gasteiger partial charge < -0.3 is 9.49 Å². The Morgan fingerprint density at radius 2 is 2.00 bits per heavy atom. The van der Waals surface area contributed by atoms with E-state index in [1.165, 1.54) is 0 Å². The Labute approximate surface area is 70.9 Å². The Bertz CT molecular complexity index is 109. The molecule has 0 aliphatic heterocycles. The van der Waals surface area contributed by atoms with Gasteiger partial charge in [-0.2, -0.15) is 0 Å². The van der Waals surface area contributed by atoms with Crippen LogP contribution in [-0.2, 0) is 9.49 Å². The molecule has 0 aromatic heterocycles. The van der Waals surface area contributed by atoms with E-state index < -0.39 is 0 Å². The van der Waals surface area contributed by atoms with Crippen LogP contribution in [0.25, 0.3) is 0 Å². The second-order valence-electron chi connectivity index (χ2n) is 3.36. The van der Waals surface area contributed by atoms with E-state index in [2.05, 4.69) is 0 Å². The second-order valence-corrected chi connectivity index (χ2v) is 3.36. The Balaban J connectivity index is 3.38. The normalized spacial score (nSPS) is 12.4. The van der Waals surface area contributed by atoms with E-state index in [-0.39, 0.29) is 5.60 Å². The molecule has 0 amide bonds. The smallest absolute Gasteiger partial charge is 0.258 e. The highest BCUT2D eigenvalue weighted by molar-refractivity contribution is 6.03. The van der Waals surface area contributed by atoms with Gasteiger partial charge in [0.15, 0.2) is 0 Å². The molecule has 0 fully saturated rings. The number of rotatable bonds is 5. The zero-order chi connectivity index (χ0) is 8.91. The second kappa shape index (κ2) is 4.80. The highest BCUT2D eigenvalue weighted by Gasteiger charge is 2.14. The Morgan fingerprint density at radius 3 is 2.36 bits per heavy atom. The van der Waals surface area contributed by atoms with Gasteiger partial charge in [0.1, 0.15) is 0 Å². The maximum Gasteiger partial charge on any atom is 0.258 e. The highest BCUT2D eigenvalue weighted by Crippen LogP contribution is 2.11. The van der Waals surface area contributed by atoms with Gasteiger partial charge in [0.25, 0.3) is 8.05 Å². The Morgan fingerprint density at radius 1 is 1.45 bits per heavy atom. The van der Waals surface area contributed by atoms with Crippen molar-refractivity contribution in [2.24, 2.45) is 0 Å². The minimum absolute atomic E-state index is 0.0734. The molecular formula is C6H17B2NO2. The van der Waals surface area contributed by atoms with Crippen LogP contribution in [-0.4, -0.2) is 40.3 Å². The van der Waals surface area contributed by atoms with Gasteiger partial charge in [0, 0.05) is 5.60 Å². The van der Waals surface area contributed by atoms with Gasteiger partial charge in [-0.3, -0.25) is 0 Å². The molecule has 0 spiro atoms. The molecule has 0 atom stereocenters. The SMILES string of the molecule is BOC(C)(C)CCON(B)C. The quantitative estimate of drug-likeness (QED) is 0.382. The lowest BCUT2D eigenvalue weighted by atomic mass is 10.1. The van der Waals surface area contributed by atoms with Crippen LogP contribution in [0.15, 0.2) is 0 Å². The molecule has 0 aliphatic carbocycles. The molecule has 64 valence electrons. The molecule has 11 heavy (non-hydrogen) atoms. The van der Waals surface area contributed by atoms with Gasteiger partial charge in [-0.25, -0.2) is 4.97 Å². The van der Waals surface area contributed by atoms with E-state index in [0.29, 0.717) is 6.61 Å². The summed E-state index contributed by atoms with van der Waals surface area (Å²) in [4.78, 5) is 6.93. The van der Waals surface area contributed by atoms with Crippen molar-refractivity contribution in [3.63, 3.8) is 0 Å². The van der Waals surface area contributed by atoms with Crippen molar-refractivity contribution in [2.45, 2.75) is 25.9 Å². The molecule has 0 unspecified atom stereocenters. The van der Waals surface area contributed by atoms with Crippen LogP contribution in [0.3, 0.4) is 0 Å². The highest BCUT2D eigenvalue weighted by atomic mass is 16.7. The molecule has 0 heterocycles. The van der Waals surface area contributed by atoms with Crippen molar-refractivity contribution >= 4 is 16.0 Å². The Hall–Kier alpha value is 0.00987. The standard InChI is InChI=1S/C6H17B2NO2/c1-6(2,11-8)4-5-10-9(3)7/h4-5,7-8H2,1-3H3. The van der Waals surface area contributed by atoms with Gasteiger partial charge >= 0.3 is 0 Å². The molecule has 0 bridgehead atoms. The summed E-state index contributed by atoms with van der Waals surface area (Å²) in [6, 6.07) is 0. The topological polar surface area (TPSA) is 21.7 Å². The maximum absolute atomic E-state index is 5.23. The first-order valence-electron chi connectivity index (χ1n) is 3.83. The molecule has 0 N–H and O–H groups in total. The van der Waals surface area contributed by atoms with Crippen LogP contribution in [0.5, 0.6) is 0 Å². The lowest BCUT2D eigenvalue weighted by Gasteiger charge is -2.24. The molecule has 0 aromatic carbocycles. The first-order valence-corrected chi connectivity index (χ1v) is 3.83. The summed E-state index contributed by atoms with van der Waals surface area (Å²) >= 11 is 0. The molecule has 3 nitrogen and oxygen atoms in total. The van der Waals surface area contributed by atoms with E-state index in [1.807, 2.05) is 28.9 Å². The van der Waals surface area contributed by atoms with E-state index in [0.717, 1.165) is 6.42 Å². The van der Waals surface area contributed by atoms with Crippen LogP contribution < -0.4 is 0 Å². The number of hydrogen-bond donors (Lipinski definition) is 0. The molecule has 0 radical (unpaired) electrons. The monoisotopic (exact) mass is 157 g/mol. The van der Waals surface area contributed by atoms with Gasteiger partial charge in [-0.05, 0) is 27.3 Å². The lowest BCUT2D eigenvalue weighted by molar-refractivity contribution is -0.0810. The third-order valence-electron chi connectivity index (χ3n) is 1.61. The summed E-state index contributed by atoms with van der Waals surface area (Å²) in [6.45, 7) is 4.80. The van der Waals surface area contributed by atoms with Crippen molar-refractivity contribution in [2.75, 3.05) is 13.7 Å². The van der Waals surface area contributed by atoms with Crippen LogP contribution in [0, 0.1) is 0 Å². The van der Waals surface area contributed by atoms with Gasteiger partial charge in [-0.15, -0.1) is 0 Å². The molecule has 5 heteroatoms. The fourth-order valence-electron chi connectivity index (χ4n) is 0.576. The van der Waals surface area contributed by atoms with Crippen LogP contribution in [0.1, 0.15) is 20.3 Å². The van der Waals surface area contributed by atoms with Crippen molar-refractivity contribution in [3.05, 3.63) is 0 Å². The average Bonchev–Trinajstić information content (AvgIpc) is 1.87. The van der Waals surface area contributed by atoms with E-state index in [9.17, 15) is 0 Å². The third-order valence-corrected chi connectivity index (χ3v) is 1.61. The van der Waals surface area contributed by atoms with E-state index >= 15 is 0 Å². The summed E-state index contributed by atoms with van der Waals surface area (Å²) < 4.78 is 5.22. The predicted molar refractivity (Wildman–Crippen MR) is 50.6 cm³/mol. The molecule has 0 saturated carbocycles. The summed E-state index contributed by atoms with van der Waals surface area (Å²) in [7, 11) is 5.47. The fourth-order valence-corrected chi connectivity index (χ4v) is 0.576. The zero-order valence-corrected chi connectivity index (χ0v) is 8.18. The third kappa shape index (κ3) is 6.41. The maximum atomic E-state index is 5.23. The van der Waals surface area contributed by atoms with Gasteiger partial charge in [-0.1, -0.05) is 0 Å². The minimum Gasteiger partial charge on any atom is -0.439 e. The lowest BCUT2D eigenvalue weighted by Crippen LogP contribution is -2.27. The summed E-state index contributed by atoms with van der Waals surface area (Å²) in [5.74, 6) is 0. The summed E-state index contributed by atoms with van der Waals surface area (Å²) in [6.07, 6.45) is 0.904. The summed E-state index contributed by atoms with van der Waals surface area (Å²) in [5.41, 5.74) is -0.0734. The largest absolute Gasteiger partial charge is 0.439 e. The van der Waals surface area contributed by atoms with Crippen LogP contribution >= 0.6 is 0 Å². The summed E-state index contributed by atoms with van der Waals surface area (Å²) in [5, 5.41) is 0. The van der Waals surface area contributed by atoms with Crippen molar-refractivity contribution < 1.29 is 9.49 Å². The van der Waals surface area contributed by atoms with Gasteiger partial charge in [0.05, 0.1) is 6.61 Å². The van der Waals surface area contributed by atoms with Crippen LogP contribution in [0.2, 0.25) is 0 Å². The average molecular weight is 157 g/mol. The van der Waals surface area contributed by atoms with Crippen LogP contribution in [0.4, 0.5) is 0 Å². The van der Waals surface area contributed by atoms with E-state index in [1.54, 1.807) is 13.0 Å². The molecule has 0 aliphatic rings. The molecular weight excluding hydrogens is 140 g/mol. The number of hydroxylamine groups is 1. The molecule has 0 saturated heterocycles. The van der Waals surface area contributed by atoms with Gasteiger partial charge in [0.2, 0.25) is 7.98 Å². The molecule has 0 aromatic rings. The first-order chi connectivity index (χ1) is 4.98. The first kappa shape index (κ1) is 11.0. The van der Waals surface area contributed by atoms with Crippen molar-refractivity contribution in [1.82, 2.24) is 4.97 Å². The number of nitrogens with zero attached hydrogens (tertiary/aromatic N) is 1. The molecule has 0 rings (SSSR count). The van der Waals surface area contributed by atoms with Crippen molar-refractivity contribution in [1.29, 1.82) is 0 Å². The van der Waals surface area contributed by atoms with Crippen molar-refractivity contribution in [3.8, 4) is 0 Å². The fraction of sp³-hybridized carbons (Fsp3) is 1.00. The van der Waals surface area contributed by atoms with E-state index in [4.69, 9.17) is 9.49 Å². The number of hydrogen-bond acceptors (Lipinski definition) is 3. The zero-order valence-electron chi connectivity index (χ0n) is 8.18. The Kier molecular flexibility index (Phi) is 4.81.